The highest BCUT2D eigenvalue weighted by Crippen LogP contribution is 2.33. The molecule has 0 radical (unpaired) electrons. The fraction of sp³-hybridized carbons (Fsp3) is 0.385. The number of halogens is 4. The summed E-state index contributed by atoms with van der Waals surface area (Å²) in [5.74, 6) is -2.31. The van der Waals surface area contributed by atoms with Crippen molar-refractivity contribution >= 4 is 12.4 Å². The topological polar surface area (TPSA) is 60.2 Å². The Morgan fingerprint density at radius 3 is 2.68 bits per heavy atom. The van der Waals surface area contributed by atoms with Gasteiger partial charge in [0.1, 0.15) is 11.6 Å². The maximum Gasteiger partial charge on any atom is 0.262 e. The predicted molar refractivity (Wildman–Crippen MR) is 72.6 cm³/mol. The van der Waals surface area contributed by atoms with Crippen LogP contribution in [0.15, 0.2) is 28.8 Å². The highest BCUT2D eigenvalue weighted by Gasteiger charge is 2.42. The third-order valence-corrected chi connectivity index (χ3v) is 3.07. The molecule has 5 nitrogen and oxygen atoms in total. The zero-order valence-corrected chi connectivity index (χ0v) is 12.1. The van der Waals surface area contributed by atoms with Gasteiger partial charge in [-0.05, 0) is 24.3 Å². The fourth-order valence-corrected chi connectivity index (χ4v) is 2.04. The molecule has 9 heteroatoms. The summed E-state index contributed by atoms with van der Waals surface area (Å²) in [6.45, 7) is -0.389. The van der Waals surface area contributed by atoms with E-state index < -0.39 is 18.5 Å². The quantitative estimate of drug-likeness (QED) is 0.931. The molecule has 1 aliphatic heterocycles. The summed E-state index contributed by atoms with van der Waals surface area (Å²) in [6.07, 6.45) is -0.368. The molecule has 1 aliphatic rings. The van der Waals surface area contributed by atoms with Gasteiger partial charge in [0.25, 0.3) is 5.92 Å². The first-order valence-electron chi connectivity index (χ1n) is 6.34. The van der Waals surface area contributed by atoms with E-state index in [0.717, 1.165) is 0 Å². The van der Waals surface area contributed by atoms with E-state index >= 15 is 0 Å². The molecule has 120 valence electrons. The van der Waals surface area contributed by atoms with E-state index in [9.17, 15) is 13.2 Å². The molecule has 1 N–H and O–H groups in total. The molecule has 2 heterocycles. The van der Waals surface area contributed by atoms with Crippen LogP contribution in [0.25, 0.3) is 0 Å². The van der Waals surface area contributed by atoms with Crippen LogP contribution < -0.4 is 10.1 Å². The van der Waals surface area contributed by atoms with Gasteiger partial charge in [-0.2, -0.15) is 4.98 Å². The zero-order valence-electron chi connectivity index (χ0n) is 11.3. The molecule has 1 saturated heterocycles. The maximum absolute atomic E-state index is 13.1. The predicted octanol–water partition coefficient (Wildman–Crippen LogP) is 2.88. The van der Waals surface area contributed by atoms with Crippen molar-refractivity contribution < 1.29 is 22.4 Å². The van der Waals surface area contributed by atoms with Crippen LogP contribution in [0.4, 0.5) is 13.2 Å². The molecule has 0 bridgehead atoms. The lowest BCUT2D eigenvalue weighted by Crippen LogP contribution is -2.19. The van der Waals surface area contributed by atoms with Crippen LogP contribution in [0, 0.1) is 5.82 Å². The normalized spacial score (nSPS) is 19.7. The van der Waals surface area contributed by atoms with Crippen LogP contribution in [-0.4, -0.2) is 22.6 Å². The van der Waals surface area contributed by atoms with Gasteiger partial charge in [-0.25, -0.2) is 13.2 Å². The van der Waals surface area contributed by atoms with E-state index in [1.165, 1.54) is 24.3 Å². The minimum Gasteiger partial charge on any atom is -0.485 e. The number of alkyl halides is 2. The molecule has 22 heavy (non-hydrogen) atoms. The molecular weight excluding hydrogens is 323 g/mol. The number of benzene rings is 1. The Balaban J connectivity index is 0.00000176. The Morgan fingerprint density at radius 1 is 1.32 bits per heavy atom. The Bertz CT molecular complexity index is 621. The number of nitrogens with zero attached hydrogens (tertiary/aromatic N) is 2. The van der Waals surface area contributed by atoms with Gasteiger partial charge in [0.05, 0.1) is 12.6 Å². The molecule has 1 fully saturated rings. The molecule has 2 aromatic rings. The molecule has 3 rings (SSSR count). The van der Waals surface area contributed by atoms with Crippen molar-refractivity contribution in [3.8, 4) is 5.75 Å². The Kier molecular flexibility index (Phi) is 4.92. The minimum absolute atomic E-state index is 0. The molecule has 1 atom stereocenters. The van der Waals surface area contributed by atoms with Gasteiger partial charge in [0, 0.05) is 6.42 Å². The van der Waals surface area contributed by atoms with Crippen molar-refractivity contribution in [3.63, 3.8) is 0 Å². The molecular formula is C13H13ClF3N3O2. The summed E-state index contributed by atoms with van der Waals surface area (Å²) in [4.78, 5) is 4.02. The van der Waals surface area contributed by atoms with Crippen molar-refractivity contribution in [1.29, 1.82) is 0 Å². The Labute approximate surface area is 130 Å². The van der Waals surface area contributed by atoms with Gasteiger partial charge in [-0.3, -0.25) is 5.32 Å². The van der Waals surface area contributed by atoms with Gasteiger partial charge >= 0.3 is 0 Å². The van der Waals surface area contributed by atoms with Crippen LogP contribution >= 0.6 is 12.4 Å². The summed E-state index contributed by atoms with van der Waals surface area (Å²) in [5.41, 5.74) is 0. The highest BCUT2D eigenvalue weighted by atomic mass is 35.5. The Hall–Kier alpha value is -1.80. The molecule has 1 aromatic carbocycles. The monoisotopic (exact) mass is 335 g/mol. The highest BCUT2D eigenvalue weighted by molar-refractivity contribution is 5.85. The van der Waals surface area contributed by atoms with Gasteiger partial charge < -0.3 is 9.26 Å². The second-order valence-electron chi connectivity index (χ2n) is 4.79. The van der Waals surface area contributed by atoms with E-state index in [1.54, 1.807) is 0 Å². The summed E-state index contributed by atoms with van der Waals surface area (Å²) >= 11 is 0. The van der Waals surface area contributed by atoms with Gasteiger partial charge in [-0.15, -0.1) is 12.4 Å². The van der Waals surface area contributed by atoms with Crippen molar-refractivity contribution in [2.45, 2.75) is 25.0 Å². The molecule has 0 spiro atoms. The largest absolute Gasteiger partial charge is 0.485 e. The van der Waals surface area contributed by atoms with E-state index in [0.29, 0.717) is 5.75 Å². The smallest absolute Gasteiger partial charge is 0.262 e. The number of aromatic nitrogens is 2. The van der Waals surface area contributed by atoms with Crippen LogP contribution in [0.3, 0.4) is 0 Å². The average molecular weight is 336 g/mol. The minimum atomic E-state index is -2.76. The second kappa shape index (κ2) is 6.53. The first-order chi connectivity index (χ1) is 10.0. The fourth-order valence-electron chi connectivity index (χ4n) is 2.04. The number of hydrogen-bond acceptors (Lipinski definition) is 5. The first-order valence-corrected chi connectivity index (χ1v) is 6.34. The lowest BCUT2D eigenvalue weighted by Gasteiger charge is -2.04. The van der Waals surface area contributed by atoms with E-state index in [-0.39, 0.29) is 43.0 Å². The number of rotatable bonds is 4. The summed E-state index contributed by atoms with van der Waals surface area (Å²) in [6, 6.07) is 4.82. The molecule has 1 aromatic heterocycles. The Morgan fingerprint density at radius 2 is 2.05 bits per heavy atom. The van der Waals surface area contributed by atoms with Crippen molar-refractivity contribution in [2.24, 2.45) is 0 Å². The molecule has 0 amide bonds. The van der Waals surface area contributed by atoms with Crippen LogP contribution in [-0.2, 0) is 6.61 Å². The second-order valence-corrected chi connectivity index (χ2v) is 4.79. The van der Waals surface area contributed by atoms with E-state index in [1.807, 2.05) is 0 Å². The first kappa shape index (κ1) is 16.6. The van der Waals surface area contributed by atoms with Crippen LogP contribution in [0.2, 0.25) is 0 Å². The summed E-state index contributed by atoms with van der Waals surface area (Å²) in [7, 11) is 0. The number of nitrogens with one attached hydrogen (secondary N) is 1. The van der Waals surface area contributed by atoms with Gasteiger partial charge in [0.15, 0.2) is 6.61 Å². The maximum atomic E-state index is 13.1. The van der Waals surface area contributed by atoms with Gasteiger partial charge in [-0.1, -0.05) is 5.16 Å². The van der Waals surface area contributed by atoms with Crippen LogP contribution in [0.1, 0.15) is 24.2 Å². The third kappa shape index (κ3) is 3.89. The lowest BCUT2D eigenvalue weighted by molar-refractivity contribution is 0.0200. The number of ether oxygens (including phenoxy) is 1. The SMILES string of the molecule is Cl.Fc1ccc(OCc2noc(C3CC(F)(F)CN3)n2)cc1. The average Bonchev–Trinajstić information content (AvgIpc) is 3.04. The molecule has 1 unspecified atom stereocenters. The summed E-state index contributed by atoms with van der Waals surface area (Å²) in [5, 5.41) is 6.30. The third-order valence-electron chi connectivity index (χ3n) is 3.07. The van der Waals surface area contributed by atoms with Crippen molar-refractivity contribution in [1.82, 2.24) is 15.5 Å². The lowest BCUT2D eigenvalue weighted by atomic mass is 10.2. The molecule has 0 aliphatic carbocycles. The van der Waals surface area contributed by atoms with Crippen molar-refractivity contribution in [3.05, 3.63) is 41.8 Å². The molecule has 0 saturated carbocycles. The zero-order chi connectivity index (χ0) is 14.9. The summed E-state index contributed by atoms with van der Waals surface area (Å²) < 4.78 is 49.2. The van der Waals surface area contributed by atoms with Crippen LogP contribution in [0.5, 0.6) is 5.75 Å². The van der Waals surface area contributed by atoms with E-state index in [2.05, 4.69) is 15.5 Å². The standard InChI is InChI=1S/C13H12F3N3O2.ClH/c14-8-1-3-9(4-2-8)20-6-11-18-12(21-19-11)10-5-13(15,16)7-17-10;/h1-4,10,17H,5-7H2;1H. The van der Waals surface area contributed by atoms with E-state index in [4.69, 9.17) is 9.26 Å². The van der Waals surface area contributed by atoms with Gasteiger partial charge in [0.2, 0.25) is 11.7 Å². The van der Waals surface area contributed by atoms with Crippen molar-refractivity contribution in [2.75, 3.05) is 6.54 Å². The number of hydrogen-bond donors (Lipinski definition) is 1.